The van der Waals surface area contributed by atoms with Gasteiger partial charge in [0.05, 0.1) is 18.8 Å². The van der Waals surface area contributed by atoms with E-state index in [-0.39, 0.29) is 0 Å². The van der Waals surface area contributed by atoms with Crippen LogP contribution in [0.15, 0.2) is 18.2 Å². The van der Waals surface area contributed by atoms with E-state index in [1.165, 1.54) is 11.1 Å². The van der Waals surface area contributed by atoms with E-state index < -0.39 is 0 Å². The molecule has 1 heterocycles. The van der Waals surface area contributed by atoms with Crippen molar-refractivity contribution in [1.29, 1.82) is 0 Å². The molecule has 1 saturated heterocycles. The Morgan fingerprint density at radius 2 is 2.12 bits per heavy atom. The third-order valence-electron chi connectivity index (χ3n) is 3.05. The second-order valence-electron chi connectivity index (χ2n) is 4.46. The summed E-state index contributed by atoms with van der Waals surface area (Å²) in [7, 11) is 0. The van der Waals surface area contributed by atoms with Crippen molar-refractivity contribution < 1.29 is 9.47 Å². The molecule has 0 bridgehead atoms. The minimum Gasteiger partial charge on any atom is -0.494 e. The van der Waals surface area contributed by atoms with Gasteiger partial charge in [0.1, 0.15) is 5.75 Å². The van der Waals surface area contributed by atoms with Crippen molar-refractivity contribution in [3.05, 3.63) is 29.3 Å². The molecule has 1 aromatic rings. The lowest BCUT2D eigenvalue weighted by atomic mass is 10.0. The van der Waals surface area contributed by atoms with Gasteiger partial charge in [-0.1, -0.05) is 17.7 Å². The van der Waals surface area contributed by atoms with Crippen LogP contribution in [0.5, 0.6) is 5.75 Å². The summed E-state index contributed by atoms with van der Waals surface area (Å²) >= 11 is 0. The van der Waals surface area contributed by atoms with Gasteiger partial charge in [-0.2, -0.15) is 0 Å². The van der Waals surface area contributed by atoms with Crippen molar-refractivity contribution in [2.45, 2.75) is 45.8 Å². The maximum atomic E-state index is 5.63. The molecule has 1 aliphatic heterocycles. The van der Waals surface area contributed by atoms with E-state index >= 15 is 0 Å². The Hall–Kier alpha value is -1.02. The van der Waals surface area contributed by atoms with Gasteiger partial charge in [0.2, 0.25) is 0 Å². The normalized spacial score (nSPS) is 23.2. The quantitative estimate of drug-likeness (QED) is 0.711. The molecule has 16 heavy (non-hydrogen) atoms. The van der Waals surface area contributed by atoms with Gasteiger partial charge < -0.3 is 9.47 Å². The summed E-state index contributed by atoms with van der Waals surface area (Å²) in [5.74, 6) is 1.03. The second-order valence-corrected chi connectivity index (χ2v) is 4.46. The molecule has 0 N–H and O–H groups in total. The van der Waals surface area contributed by atoms with Crippen LogP contribution in [0.1, 0.15) is 31.4 Å². The molecule has 0 spiro atoms. The van der Waals surface area contributed by atoms with E-state index in [4.69, 9.17) is 9.47 Å². The maximum absolute atomic E-state index is 5.63. The van der Waals surface area contributed by atoms with Crippen LogP contribution in [-0.4, -0.2) is 18.8 Å². The molecule has 0 aliphatic carbocycles. The Kier molecular flexibility index (Phi) is 3.49. The summed E-state index contributed by atoms with van der Waals surface area (Å²) < 4.78 is 11.1. The van der Waals surface area contributed by atoms with Crippen LogP contribution in [-0.2, 0) is 11.2 Å². The van der Waals surface area contributed by atoms with Crippen LogP contribution < -0.4 is 4.74 Å². The molecule has 1 aliphatic rings. The number of benzene rings is 1. The van der Waals surface area contributed by atoms with Crippen molar-refractivity contribution in [3.63, 3.8) is 0 Å². The van der Waals surface area contributed by atoms with E-state index in [2.05, 4.69) is 32.0 Å². The van der Waals surface area contributed by atoms with Gasteiger partial charge in [-0.15, -0.1) is 0 Å². The van der Waals surface area contributed by atoms with Crippen LogP contribution in [0.4, 0.5) is 0 Å². The topological polar surface area (TPSA) is 21.8 Å². The fourth-order valence-corrected chi connectivity index (χ4v) is 2.03. The van der Waals surface area contributed by atoms with Crippen molar-refractivity contribution >= 4 is 0 Å². The van der Waals surface area contributed by atoms with Gasteiger partial charge in [-0.05, 0) is 45.2 Å². The lowest BCUT2D eigenvalue weighted by Crippen LogP contribution is -2.00. The summed E-state index contributed by atoms with van der Waals surface area (Å²) in [5.41, 5.74) is 2.60. The van der Waals surface area contributed by atoms with Gasteiger partial charge in [0.25, 0.3) is 0 Å². The fraction of sp³-hybridized carbons (Fsp3) is 0.571. The molecule has 88 valence electrons. The fourth-order valence-electron chi connectivity index (χ4n) is 2.03. The van der Waals surface area contributed by atoms with E-state index in [1.807, 2.05) is 6.92 Å². The summed E-state index contributed by atoms with van der Waals surface area (Å²) in [6, 6.07) is 6.40. The van der Waals surface area contributed by atoms with E-state index in [9.17, 15) is 0 Å². The average Bonchev–Trinajstić information content (AvgIpc) is 2.95. The van der Waals surface area contributed by atoms with Crippen molar-refractivity contribution in [2.24, 2.45) is 0 Å². The SMILES string of the molecule is CCOc1ccc(C)cc1CCC1OC1C. The predicted molar refractivity (Wildman–Crippen MR) is 65.0 cm³/mol. The summed E-state index contributed by atoms with van der Waals surface area (Å²) in [6.45, 7) is 7.00. The third kappa shape index (κ3) is 2.76. The van der Waals surface area contributed by atoms with E-state index in [1.54, 1.807) is 0 Å². The first-order valence-corrected chi connectivity index (χ1v) is 6.08. The van der Waals surface area contributed by atoms with Crippen molar-refractivity contribution in [2.75, 3.05) is 6.61 Å². The molecule has 1 aromatic carbocycles. The molecule has 2 unspecified atom stereocenters. The first kappa shape index (κ1) is 11.5. The largest absolute Gasteiger partial charge is 0.494 e. The first-order valence-electron chi connectivity index (χ1n) is 6.08. The highest BCUT2D eigenvalue weighted by molar-refractivity contribution is 5.37. The highest BCUT2D eigenvalue weighted by Gasteiger charge is 2.33. The minimum absolute atomic E-state index is 0.459. The van der Waals surface area contributed by atoms with Crippen LogP contribution >= 0.6 is 0 Å². The Labute approximate surface area is 97.6 Å². The first-order chi connectivity index (χ1) is 7.70. The average molecular weight is 220 g/mol. The summed E-state index contributed by atoms with van der Waals surface area (Å²) in [6.07, 6.45) is 3.08. The predicted octanol–water partition coefficient (Wildman–Crippen LogP) is 3.11. The number of epoxide rings is 1. The molecule has 0 saturated carbocycles. The second kappa shape index (κ2) is 4.88. The molecule has 0 radical (unpaired) electrons. The number of rotatable bonds is 5. The zero-order chi connectivity index (χ0) is 11.5. The standard InChI is InChI=1S/C14H20O2/c1-4-15-14-7-5-10(2)9-12(14)6-8-13-11(3)16-13/h5,7,9,11,13H,4,6,8H2,1-3H3. The number of ether oxygens (including phenoxy) is 2. The van der Waals surface area contributed by atoms with Crippen LogP contribution in [0.2, 0.25) is 0 Å². The Bertz CT molecular complexity index is 360. The zero-order valence-electron chi connectivity index (χ0n) is 10.3. The third-order valence-corrected chi connectivity index (χ3v) is 3.05. The van der Waals surface area contributed by atoms with Crippen LogP contribution in [0.25, 0.3) is 0 Å². The van der Waals surface area contributed by atoms with Crippen LogP contribution in [0, 0.1) is 6.92 Å². The number of hydrogen-bond acceptors (Lipinski definition) is 2. The molecular formula is C14H20O2. The molecule has 1 fully saturated rings. The molecule has 2 heteroatoms. The Morgan fingerprint density at radius 3 is 2.75 bits per heavy atom. The lowest BCUT2D eigenvalue weighted by Gasteiger charge is -2.10. The zero-order valence-corrected chi connectivity index (χ0v) is 10.3. The van der Waals surface area contributed by atoms with Crippen molar-refractivity contribution in [3.8, 4) is 5.75 Å². The summed E-state index contributed by atoms with van der Waals surface area (Å²) in [4.78, 5) is 0. The van der Waals surface area contributed by atoms with Gasteiger partial charge in [-0.25, -0.2) is 0 Å². The molecule has 2 nitrogen and oxygen atoms in total. The van der Waals surface area contributed by atoms with Gasteiger partial charge in [-0.3, -0.25) is 0 Å². The molecule has 2 rings (SSSR count). The maximum Gasteiger partial charge on any atom is 0.122 e. The minimum atomic E-state index is 0.459. The van der Waals surface area contributed by atoms with Crippen molar-refractivity contribution in [1.82, 2.24) is 0 Å². The lowest BCUT2D eigenvalue weighted by molar-refractivity contribution is 0.334. The highest BCUT2D eigenvalue weighted by Crippen LogP contribution is 2.28. The Balaban J connectivity index is 2.01. The van der Waals surface area contributed by atoms with Gasteiger partial charge in [0.15, 0.2) is 0 Å². The van der Waals surface area contributed by atoms with Crippen LogP contribution in [0.3, 0.4) is 0 Å². The molecule has 0 aromatic heterocycles. The number of aryl methyl sites for hydroxylation is 2. The highest BCUT2D eigenvalue weighted by atomic mass is 16.6. The number of hydrogen-bond donors (Lipinski definition) is 0. The van der Waals surface area contributed by atoms with E-state index in [0.29, 0.717) is 12.2 Å². The monoisotopic (exact) mass is 220 g/mol. The molecule has 0 amide bonds. The Morgan fingerprint density at radius 1 is 1.38 bits per heavy atom. The van der Waals surface area contributed by atoms with Gasteiger partial charge in [0, 0.05) is 0 Å². The smallest absolute Gasteiger partial charge is 0.122 e. The molecular weight excluding hydrogens is 200 g/mol. The summed E-state index contributed by atoms with van der Waals surface area (Å²) in [5, 5.41) is 0. The molecule has 2 atom stereocenters. The van der Waals surface area contributed by atoms with E-state index in [0.717, 1.165) is 25.2 Å². The van der Waals surface area contributed by atoms with Gasteiger partial charge >= 0.3 is 0 Å².